The molecule has 0 spiro atoms. The molecule has 0 unspecified atom stereocenters. The van der Waals surface area contributed by atoms with Gasteiger partial charge in [-0.25, -0.2) is 0 Å². The molecule has 84 valence electrons. The van der Waals surface area contributed by atoms with Gasteiger partial charge in [0.05, 0.1) is 0 Å². The molecule has 1 aliphatic heterocycles. The van der Waals surface area contributed by atoms with Gasteiger partial charge in [-0.05, 0) is 0 Å². The summed E-state index contributed by atoms with van der Waals surface area (Å²) >= 11 is 0. The molecule has 0 amide bonds. The topological polar surface area (TPSA) is 14.1 Å². The monoisotopic (exact) mass is 283 g/mol. The van der Waals surface area contributed by atoms with Crippen LogP contribution in [0.15, 0.2) is 0 Å². The van der Waals surface area contributed by atoms with Gasteiger partial charge in [0.2, 0.25) is 0 Å². The fraction of sp³-hybridized carbons (Fsp3) is 1.00. The van der Waals surface area contributed by atoms with E-state index in [9.17, 15) is 0 Å². The van der Waals surface area contributed by atoms with Crippen LogP contribution in [0.5, 0.6) is 0 Å². The van der Waals surface area contributed by atoms with Crippen molar-refractivity contribution in [3.8, 4) is 0 Å². The largest absolute Gasteiger partial charge is 2.00 e. The van der Waals surface area contributed by atoms with Crippen molar-refractivity contribution in [2.24, 2.45) is 0 Å². The maximum absolute atomic E-state index is 4.75. The van der Waals surface area contributed by atoms with Crippen LogP contribution < -0.4 is 74.9 Å². The van der Waals surface area contributed by atoms with E-state index < -0.39 is 0 Å². The zero-order chi connectivity index (χ0) is 7.83. The van der Waals surface area contributed by atoms with Gasteiger partial charge in [-0.2, -0.15) is 0 Å². The smallest absolute Gasteiger partial charge is 1.00 e. The predicted octanol–water partition coefficient (Wildman–Crippen LogP) is -12.3. The summed E-state index contributed by atoms with van der Waals surface area (Å²) in [5, 5.41) is 4.75. The van der Waals surface area contributed by atoms with Crippen LogP contribution in [0.2, 0.25) is 0 Å². The quantitative estimate of drug-likeness (QED) is 0.392. The molecule has 1 saturated heterocycles. The van der Waals surface area contributed by atoms with E-state index >= 15 is 0 Å². The minimum Gasteiger partial charge on any atom is -1.00 e. The van der Waals surface area contributed by atoms with Crippen molar-refractivity contribution in [3.63, 3.8) is 0 Å². The molecule has 0 saturated carbocycles. The Kier molecular flexibility index (Phi) is 32.3. The number of hydrogen-bond acceptors (Lipinski definition) is 0. The summed E-state index contributed by atoms with van der Waals surface area (Å²) in [6.07, 6.45) is 3.86. The van der Waals surface area contributed by atoms with Gasteiger partial charge >= 0.3 is 60.8 Å². The fourth-order valence-corrected chi connectivity index (χ4v) is 1.88. The summed E-state index contributed by atoms with van der Waals surface area (Å²) in [6, 6.07) is 0. The predicted molar refractivity (Wildman–Crippen MR) is 51.1 cm³/mol. The third kappa shape index (κ3) is 14.9. The Morgan fingerprint density at radius 3 is 1.12 bits per heavy atom. The van der Waals surface area contributed by atoms with Crippen molar-refractivity contribution >= 4 is 23.1 Å². The van der Waals surface area contributed by atoms with E-state index in [0.29, 0.717) is 0 Å². The Labute approximate surface area is 160 Å². The maximum atomic E-state index is 4.75. The van der Waals surface area contributed by atoms with Gasteiger partial charge in [-0.1, -0.05) is 47.0 Å². The molecule has 0 aromatic carbocycles. The normalized spacial score (nSPS) is 18.8. The van der Waals surface area contributed by atoms with Gasteiger partial charge in [0, 0.05) is 0 Å². The van der Waals surface area contributed by atoms with Crippen molar-refractivity contribution in [3.05, 3.63) is 5.32 Å². The van der Waals surface area contributed by atoms with Crippen LogP contribution in [-0.4, -0.2) is 34.1 Å². The molecule has 0 aliphatic carbocycles. The molecule has 1 fully saturated rings. The van der Waals surface area contributed by atoms with Gasteiger partial charge in [0.25, 0.3) is 0 Å². The first-order chi connectivity index (χ1) is 4.41. The van der Waals surface area contributed by atoms with Crippen LogP contribution in [0.3, 0.4) is 0 Å². The van der Waals surface area contributed by atoms with Crippen molar-refractivity contribution in [2.45, 2.75) is 58.0 Å². The number of rotatable bonds is 0. The van der Waals surface area contributed by atoms with Crippen LogP contribution in [0, 0.1) is 0 Å². The fourth-order valence-electron chi connectivity index (χ4n) is 1.88. The molecular weight excluding hydrogens is 267 g/mol. The van der Waals surface area contributed by atoms with Crippen LogP contribution >= 0.6 is 0 Å². The second-order valence-corrected chi connectivity index (χ2v) is 4.59. The Hall–Kier alpha value is 2.79. The van der Waals surface area contributed by atoms with E-state index in [1.165, 1.54) is 19.3 Å². The van der Waals surface area contributed by atoms with Gasteiger partial charge < -0.3 is 42.5 Å². The molecule has 0 aromatic rings. The molecule has 1 nitrogen and oxygen atoms in total. The average Bonchev–Trinajstić information content (AvgIpc) is 1.56. The molecule has 0 atom stereocenters. The SMILES string of the molecule is CC1(C)CCCC(C)(C)[N-]1.[Cl-].[Cl-].[Cl-].[Li+].[Li+].[Mg+2]. The van der Waals surface area contributed by atoms with E-state index in [0.717, 1.165) is 0 Å². The van der Waals surface area contributed by atoms with Gasteiger partial charge in [0.1, 0.15) is 0 Å². The van der Waals surface area contributed by atoms with Gasteiger partial charge in [-0.15, -0.1) is 11.1 Å². The summed E-state index contributed by atoms with van der Waals surface area (Å²) in [5.41, 5.74) is 0.476. The van der Waals surface area contributed by atoms with Crippen LogP contribution in [-0.2, 0) is 0 Å². The Bertz CT molecular complexity index is 135. The first kappa shape index (κ1) is 36.4. The summed E-state index contributed by atoms with van der Waals surface area (Å²) in [5.74, 6) is 0. The van der Waals surface area contributed by atoms with Crippen LogP contribution in [0.1, 0.15) is 47.0 Å². The molecule has 0 aromatic heterocycles. The van der Waals surface area contributed by atoms with Crippen LogP contribution in [0.25, 0.3) is 5.32 Å². The maximum Gasteiger partial charge on any atom is 2.00 e. The Morgan fingerprint density at radius 2 is 1.00 bits per heavy atom. The molecule has 7 heteroatoms. The average molecular weight is 285 g/mol. The summed E-state index contributed by atoms with van der Waals surface area (Å²) in [7, 11) is 0. The van der Waals surface area contributed by atoms with E-state index in [2.05, 4.69) is 27.7 Å². The molecule has 1 aliphatic rings. The molecular formula is C9H18Cl3Li2MgN. The Balaban J connectivity index is -0.0000000417. The first-order valence-corrected chi connectivity index (χ1v) is 4.15. The second-order valence-electron chi connectivity index (χ2n) is 4.59. The minimum absolute atomic E-state index is 0. The summed E-state index contributed by atoms with van der Waals surface area (Å²) in [4.78, 5) is 0. The summed E-state index contributed by atoms with van der Waals surface area (Å²) in [6.45, 7) is 8.92. The summed E-state index contributed by atoms with van der Waals surface area (Å²) < 4.78 is 0. The third-order valence-electron chi connectivity index (χ3n) is 2.18. The number of hydrogen-bond donors (Lipinski definition) is 0. The first-order valence-electron chi connectivity index (χ1n) is 4.15. The van der Waals surface area contributed by atoms with E-state index in [-0.39, 0.29) is 109 Å². The molecule has 0 N–H and O–H groups in total. The molecule has 16 heavy (non-hydrogen) atoms. The van der Waals surface area contributed by atoms with Gasteiger partial charge in [0.15, 0.2) is 0 Å². The number of halogens is 3. The van der Waals surface area contributed by atoms with E-state index in [4.69, 9.17) is 5.32 Å². The zero-order valence-electron chi connectivity index (χ0n) is 11.4. The van der Waals surface area contributed by atoms with Crippen molar-refractivity contribution in [2.75, 3.05) is 0 Å². The molecule has 0 bridgehead atoms. The van der Waals surface area contributed by atoms with Gasteiger partial charge in [-0.3, -0.25) is 0 Å². The Morgan fingerprint density at radius 1 is 0.750 bits per heavy atom. The minimum atomic E-state index is 0. The second kappa shape index (κ2) is 14.2. The van der Waals surface area contributed by atoms with Crippen molar-refractivity contribution in [1.29, 1.82) is 0 Å². The molecule has 1 heterocycles. The standard InChI is InChI=1S/C9H18N.3ClH.2Li.Mg/c1-8(2)6-5-7-9(3,4)10-8;;;;;;/h5-7H2,1-4H3;3*1H;;;/q-1;;;;2*+1;+2/p-3. The van der Waals surface area contributed by atoms with Crippen molar-refractivity contribution < 1.29 is 74.9 Å². The van der Waals surface area contributed by atoms with E-state index in [1.54, 1.807) is 0 Å². The van der Waals surface area contributed by atoms with E-state index in [1.807, 2.05) is 0 Å². The molecule has 0 radical (unpaired) electrons. The third-order valence-corrected chi connectivity index (χ3v) is 2.18. The zero-order valence-corrected chi connectivity index (χ0v) is 15.1. The van der Waals surface area contributed by atoms with Crippen LogP contribution in [0.4, 0.5) is 0 Å². The number of nitrogens with zero attached hydrogens (tertiary/aromatic N) is 1. The number of piperidine rings is 1. The molecule has 1 rings (SSSR count). The van der Waals surface area contributed by atoms with Crippen molar-refractivity contribution in [1.82, 2.24) is 0 Å².